The third kappa shape index (κ3) is 4.68. The van der Waals surface area contributed by atoms with Crippen LogP contribution in [-0.4, -0.2) is 49.2 Å². The molecular formula is C22H31N3O3. The van der Waals surface area contributed by atoms with Crippen molar-refractivity contribution in [2.24, 2.45) is 7.05 Å². The van der Waals surface area contributed by atoms with E-state index in [1.807, 2.05) is 0 Å². The Labute approximate surface area is 167 Å². The van der Waals surface area contributed by atoms with Gasteiger partial charge < -0.3 is 19.4 Å². The molecule has 1 fully saturated rings. The lowest BCUT2D eigenvalue weighted by Gasteiger charge is -2.31. The second-order valence-corrected chi connectivity index (χ2v) is 7.29. The monoisotopic (exact) mass is 385 g/mol. The molecule has 0 unspecified atom stereocenters. The molecule has 28 heavy (non-hydrogen) atoms. The van der Waals surface area contributed by atoms with Gasteiger partial charge in [-0.2, -0.15) is 0 Å². The van der Waals surface area contributed by atoms with Gasteiger partial charge in [0.25, 0.3) is 5.91 Å². The maximum Gasteiger partial charge on any atom is 0.251 e. The fourth-order valence-corrected chi connectivity index (χ4v) is 3.92. The number of ether oxygens (including phenoxy) is 2. The Balaban J connectivity index is 1.74. The molecular weight excluding hydrogens is 354 g/mol. The smallest absolute Gasteiger partial charge is 0.251 e. The third-order valence-corrected chi connectivity index (χ3v) is 5.51. The minimum Gasteiger partial charge on any atom is -0.493 e. The Kier molecular flexibility index (Phi) is 6.98. The maximum absolute atomic E-state index is 12.8. The zero-order chi connectivity index (χ0) is 19.9. The number of amides is 1. The fourth-order valence-electron chi connectivity index (χ4n) is 3.92. The van der Waals surface area contributed by atoms with E-state index in [-0.39, 0.29) is 11.9 Å². The summed E-state index contributed by atoms with van der Waals surface area (Å²) in [6.45, 7) is 2.72. The van der Waals surface area contributed by atoms with Gasteiger partial charge in [0.15, 0.2) is 11.5 Å². The van der Waals surface area contributed by atoms with E-state index in [4.69, 9.17) is 9.47 Å². The van der Waals surface area contributed by atoms with Crippen molar-refractivity contribution in [1.82, 2.24) is 14.8 Å². The van der Waals surface area contributed by atoms with E-state index >= 15 is 0 Å². The van der Waals surface area contributed by atoms with Gasteiger partial charge in [0.05, 0.1) is 20.3 Å². The molecule has 6 heteroatoms. The summed E-state index contributed by atoms with van der Waals surface area (Å²) < 4.78 is 12.7. The predicted molar refractivity (Wildman–Crippen MR) is 110 cm³/mol. The number of carbonyl (C=O) groups is 1. The van der Waals surface area contributed by atoms with Crippen molar-refractivity contribution >= 4 is 5.91 Å². The van der Waals surface area contributed by atoms with E-state index in [2.05, 4.69) is 40.2 Å². The highest BCUT2D eigenvalue weighted by Gasteiger charge is 2.24. The lowest BCUT2D eigenvalue weighted by molar-refractivity contribution is 0.0931. The summed E-state index contributed by atoms with van der Waals surface area (Å²) in [4.78, 5) is 15.3. The molecule has 6 nitrogen and oxygen atoms in total. The topological polar surface area (TPSA) is 55.7 Å². The summed E-state index contributed by atoms with van der Waals surface area (Å²) in [7, 11) is 5.23. The van der Waals surface area contributed by atoms with E-state index in [1.54, 1.807) is 32.4 Å². The zero-order valence-corrected chi connectivity index (χ0v) is 17.1. The summed E-state index contributed by atoms with van der Waals surface area (Å²) in [5.74, 6) is 1.07. The van der Waals surface area contributed by atoms with Crippen molar-refractivity contribution in [3.63, 3.8) is 0 Å². The molecule has 2 heterocycles. The number of hydrogen-bond acceptors (Lipinski definition) is 4. The van der Waals surface area contributed by atoms with Gasteiger partial charge >= 0.3 is 0 Å². The number of nitrogens with one attached hydrogen (secondary N) is 1. The van der Waals surface area contributed by atoms with Gasteiger partial charge in [-0.1, -0.05) is 12.8 Å². The van der Waals surface area contributed by atoms with Crippen molar-refractivity contribution in [3.05, 3.63) is 47.8 Å². The normalized spacial score (nSPS) is 16.2. The lowest BCUT2D eigenvalue weighted by Crippen LogP contribution is -2.39. The number of methoxy groups -OCH3 is 2. The summed E-state index contributed by atoms with van der Waals surface area (Å²) in [6.07, 6.45) is 7.06. The Morgan fingerprint density at radius 2 is 1.79 bits per heavy atom. The molecule has 1 amide bonds. The fraction of sp³-hybridized carbons (Fsp3) is 0.500. The molecule has 1 N–H and O–H groups in total. The maximum atomic E-state index is 12.8. The molecule has 0 spiro atoms. The van der Waals surface area contributed by atoms with Crippen LogP contribution in [0.25, 0.3) is 0 Å². The lowest BCUT2D eigenvalue weighted by atomic mass is 10.1. The Morgan fingerprint density at radius 1 is 1.07 bits per heavy atom. The van der Waals surface area contributed by atoms with Crippen LogP contribution in [0.5, 0.6) is 11.5 Å². The van der Waals surface area contributed by atoms with Crippen molar-refractivity contribution in [3.8, 4) is 11.5 Å². The molecule has 0 bridgehead atoms. The average Bonchev–Trinajstić information content (AvgIpc) is 2.97. The third-order valence-electron chi connectivity index (χ3n) is 5.51. The van der Waals surface area contributed by atoms with Gasteiger partial charge in [0, 0.05) is 31.0 Å². The first kappa shape index (κ1) is 20.3. The molecule has 1 aromatic carbocycles. The molecule has 0 saturated carbocycles. The van der Waals surface area contributed by atoms with Gasteiger partial charge in [0.2, 0.25) is 0 Å². The molecule has 1 atom stereocenters. The van der Waals surface area contributed by atoms with Crippen LogP contribution in [0.4, 0.5) is 0 Å². The summed E-state index contributed by atoms with van der Waals surface area (Å²) in [6, 6.07) is 9.63. The van der Waals surface area contributed by atoms with Gasteiger partial charge in [-0.05, 0) is 56.3 Å². The van der Waals surface area contributed by atoms with E-state index in [0.717, 1.165) is 13.1 Å². The van der Waals surface area contributed by atoms with Crippen LogP contribution in [0.1, 0.15) is 47.8 Å². The SMILES string of the molecule is COc1ccc(C(=O)NC[C@@H](c2cccn2C)N2CCCCCC2)cc1OC. The Hall–Kier alpha value is -2.47. The number of benzene rings is 1. The second-order valence-electron chi connectivity index (χ2n) is 7.29. The molecule has 0 radical (unpaired) electrons. The molecule has 152 valence electrons. The van der Waals surface area contributed by atoms with Gasteiger partial charge in [-0.15, -0.1) is 0 Å². The van der Waals surface area contributed by atoms with Crippen LogP contribution in [0.2, 0.25) is 0 Å². The highest BCUT2D eigenvalue weighted by Crippen LogP contribution is 2.28. The first-order valence-electron chi connectivity index (χ1n) is 9.99. The largest absolute Gasteiger partial charge is 0.493 e. The average molecular weight is 386 g/mol. The predicted octanol–water partition coefficient (Wildman–Crippen LogP) is 3.39. The standard InChI is InChI=1S/C22H31N3O3/c1-24-12-8-9-18(24)19(25-13-6-4-5-7-14-25)16-23-22(26)17-10-11-20(27-2)21(15-17)28-3/h8-12,15,19H,4-7,13-14,16H2,1-3H3,(H,23,26)/t19-/m0/s1. The van der Waals surface area contributed by atoms with Gasteiger partial charge in [-0.25, -0.2) is 0 Å². The molecule has 1 aromatic heterocycles. The van der Waals surface area contributed by atoms with E-state index in [1.165, 1.54) is 31.4 Å². The first-order valence-corrected chi connectivity index (χ1v) is 9.99. The van der Waals surface area contributed by atoms with Crippen LogP contribution in [-0.2, 0) is 7.05 Å². The number of nitrogens with zero attached hydrogens (tertiary/aromatic N) is 2. The molecule has 0 aliphatic carbocycles. The van der Waals surface area contributed by atoms with Crippen LogP contribution in [0.3, 0.4) is 0 Å². The van der Waals surface area contributed by atoms with E-state index in [0.29, 0.717) is 23.6 Å². The number of aryl methyl sites for hydroxylation is 1. The molecule has 1 saturated heterocycles. The van der Waals surface area contributed by atoms with Crippen LogP contribution in [0.15, 0.2) is 36.5 Å². The minimum atomic E-state index is -0.102. The van der Waals surface area contributed by atoms with E-state index < -0.39 is 0 Å². The first-order chi connectivity index (χ1) is 13.6. The van der Waals surface area contributed by atoms with Crippen molar-refractivity contribution in [1.29, 1.82) is 0 Å². The van der Waals surface area contributed by atoms with Gasteiger partial charge in [-0.3, -0.25) is 9.69 Å². The van der Waals surface area contributed by atoms with Crippen molar-refractivity contribution in [2.45, 2.75) is 31.7 Å². The molecule has 1 aliphatic rings. The van der Waals surface area contributed by atoms with Crippen molar-refractivity contribution < 1.29 is 14.3 Å². The Bertz CT molecular complexity index is 779. The van der Waals surface area contributed by atoms with Crippen LogP contribution >= 0.6 is 0 Å². The number of rotatable bonds is 7. The molecule has 2 aromatic rings. The van der Waals surface area contributed by atoms with Gasteiger partial charge in [0.1, 0.15) is 0 Å². The minimum absolute atomic E-state index is 0.102. The summed E-state index contributed by atoms with van der Waals surface area (Å²) >= 11 is 0. The summed E-state index contributed by atoms with van der Waals surface area (Å²) in [5.41, 5.74) is 1.80. The number of carbonyl (C=O) groups excluding carboxylic acids is 1. The van der Waals surface area contributed by atoms with Crippen molar-refractivity contribution in [2.75, 3.05) is 33.9 Å². The van der Waals surface area contributed by atoms with E-state index in [9.17, 15) is 4.79 Å². The number of hydrogen-bond donors (Lipinski definition) is 1. The Morgan fingerprint density at radius 3 is 2.39 bits per heavy atom. The highest BCUT2D eigenvalue weighted by molar-refractivity contribution is 5.94. The highest BCUT2D eigenvalue weighted by atomic mass is 16.5. The second kappa shape index (κ2) is 9.64. The summed E-state index contributed by atoms with van der Waals surface area (Å²) in [5, 5.41) is 3.13. The zero-order valence-electron chi connectivity index (χ0n) is 17.1. The molecule has 1 aliphatic heterocycles. The van der Waals surface area contributed by atoms with Crippen LogP contribution in [0, 0.1) is 0 Å². The molecule has 3 rings (SSSR count). The number of aromatic nitrogens is 1. The quantitative estimate of drug-likeness (QED) is 0.794. The number of likely N-dealkylation sites (tertiary alicyclic amines) is 1. The van der Waals surface area contributed by atoms with Crippen LogP contribution < -0.4 is 14.8 Å².